The molecule has 0 spiro atoms. The number of nitrogens with one attached hydrogen (secondary N) is 1. The monoisotopic (exact) mass is 419 g/mol. The lowest BCUT2D eigenvalue weighted by atomic mass is 10.2. The molecular formula is C18H18IN3O. The van der Waals surface area contributed by atoms with E-state index in [9.17, 15) is 4.79 Å². The summed E-state index contributed by atoms with van der Waals surface area (Å²) in [5, 5.41) is 3.02. The molecule has 3 rings (SSSR count). The van der Waals surface area contributed by atoms with E-state index in [1.807, 2.05) is 55.6 Å². The SMILES string of the molecule is CCc1nc2ccc(C)cn2c1C(=O)Nc1ccc(I)cc1C. The van der Waals surface area contributed by atoms with E-state index in [2.05, 4.69) is 39.0 Å². The normalized spacial score (nSPS) is 11.0. The Morgan fingerprint density at radius 3 is 2.74 bits per heavy atom. The van der Waals surface area contributed by atoms with Crippen molar-refractivity contribution >= 4 is 39.8 Å². The van der Waals surface area contributed by atoms with Crippen LogP contribution in [0.25, 0.3) is 5.65 Å². The average molecular weight is 419 g/mol. The lowest BCUT2D eigenvalue weighted by Crippen LogP contribution is -2.17. The quantitative estimate of drug-likeness (QED) is 0.641. The number of anilines is 1. The maximum absolute atomic E-state index is 12.8. The van der Waals surface area contributed by atoms with Crippen molar-refractivity contribution in [2.75, 3.05) is 5.32 Å². The van der Waals surface area contributed by atoms with Gasteiger partial charge in [-0.2, -0.15) is 0 Å². The smallest absolute Gasteiger partial charge is 0.274 e. The first kappa shape index (κ1) is 16.0. The predicted octanol–water partition coefficient (Wildman–Crippen LogP) is 4.37. The molecule has 0 bridgehead atoms. The number of nitrogens with zero attached hydrogens (tertiary/aromatic N) is 2. The van der Waals surface area contributed by atoms with E-state index >= 15 is 0 Å². The Hall–Kier alpha value is -1.89. The number of fused-ring (bicyclic) bond motifs is 1. The molecule has 23 heavy (non-hydrogen) atoms. The van der Waals surface area contributed by atoms with E-state index in [1.165, 1.54) is 0 Å². The van der Waals surface area contributed by atoms with Crippen LogP contribution in [-0.4, -0.2) is 15.3 Å². The Balaban J connectivity index is 2.04. The minimum atomic E-state index is -0.121. The van der Waals surface area contributed by atoms with Gasteiger partial charge in [0.1, 0.15) is 11.3 Å². The fourth-order valence-electron chi connectivity index (χ4n) is 2.64. The Bertz CT molecular complexity index is 899. The Morgan fingerprint density at radius 2 is 2.04 bits per heavy atom. The molecule has 2 aromatic heterocycles. The molecule has 118 valence electrons. The molecule has 0 unspecified atom stereocenters. The summed E-state index contributed by atoms with van der Waals surface area (Å²) < 4.78 is 3.03. The topological polar surface area (TPSA) is 46.4 Å². The Labute approximate surface area is 149 Å². The third kappa shape index (κ3) is 3.10. The van der Waals surface area contributed by atoms with Crippen molar-refractivity contribution in [1.29, 1.82) is 0 Å². The molecule has 0 aliphatic heterocycles. The van der Waals surface area contributed by atoms with Gasteiger partial charge in [0.2, 0.25) is 0 Å². The third-order valence-electron chi connectivity index (χ3n) is 3.83. The number of rotatable bonds is 3. The summed E-state index contributed by atoms with van der Waals surface area (Å²) in [6.45, 7) is 6.02. The lowest BCUT2D eigenvalue weighted by molar-refractivity contribution is 0.102. The summed E-state index contributed by atoms with van der Waals surface area (Å²) in [7, 11) is 0. The first-order chi connectivity index (χ1) is 11.0. The number of hydrogen-bond acceptors (Lipinski definition) is 2. The van der Waals surface area contributed by atoms with Crippen LogP contribution in [0.5, 0.6) is 0 Å². The zero-order valence-corrected chi connectivity index (χ0v) is 15.5. The second-order valence-corrected chi connectivity index (χ2v) is 6.85. The van der Waals surface area contributed by atoms with Gasteiger partial charge in [0.05, 0.1) is 5.69 Å². The minimum absolute atomic E-state index is 0.121. The first-order valence-electron chi connectivity index (χ1n) is 7.54. The molecule has 4 nitrogen and oxygen atoms in total. The van der Waals surface area contributed by atoms with Gasteiger partial charge in [-0.25, -0.2) is 4.98 Å². The molecule has 0 saturated heterocycles. The van der Waals surface area contributed by atoms with Crippen molar-refractivity contribution in [3.05, 3.63) is 62.6 Å². The van der Waals surface area contributed by atoms with E-state index in [1.54, 1.807) is 0 Å². The van der Waals surface area contributed by atoms with Crippen LogP contribution in [0, 0.1) is 17.4 Å². The lowest BCUT2D eigenvalue weighted by Gasteiger charge is -2.10. The maximum Gasteiger partial charge on any atom is 0.274 e. The number of carbonyl (C=O) groups is 1. The second kappa shape index (κ2) is 6.31. The zero-order valence-electron chi connectivity index (χ0n) is 13.4. The van der Waals surface area contributed by atoms with Crippen LogP contribution < -0.4 is 5.32 Å². The van der Waals surface area contributed by atoms with Crippen LogP contribution in [0.2, 0.25) is 0 Å². The van der Waals surface area contributed by atoms with Gasteiger partial charge in [0.25, 0.3) is 5.91 Å². The van der Waals surface area contributed by atoms with Crippen LogP contribution in [0.3, 0.4) is 0 Å². The summed E-state index contributed by atoms with van der Waals surface area (Å²) in [5.41, 5.74) is 5.21. The molecule has 0 radical (unpaired) electrons. The molecule has 1 amide bonds. The van der Waals surface area contributed by atoms with Crippen LogP contribution >= 0.6 is 22.6 Å². The molecule has 0 aliphatic carbocycles. The fourth-order valence-corrected chi connectivity index (χ4v) is 3.28. The number of halogens is 1. The summed E-state index contributed by atoms with van der Waals surface area (Å²) in [6.07, 6.45) is 2.67. The van der Waals surface area contributed by atoms with Gasteiger partial charge in [0, 0.05) is 15.5 Å². The van der Waals surface area contributed by atoms with Gasteiger partial charge >= 0.3 is 0 Å². The highest BCUT2D eigenvalue weighted by atomic mass is 127. The number of imidazole rings is 1. The van der Waals surface area contributed by atoms with E-state index in [-0.39, 0.29) is 5.91 Å². The Morgan fingerprint density at radius 1 is 1.26 bits per heavy atom. The standard InChI is InChI=1S/C18H18IN3O/c1-4-14-17(22-10-11(2)5-8-16(22)20-14)18(23)21-15-7-6-13(19)9-12(15)3/h5-10H,4H2,1-3H3,(H,21,23). The molecule has 0 saturated carbocycles. The van der Waals surface area contributed by atoms with Crippen molar-refractivity contribution in [3.8, 4) is 0 Å². The number of hydrogen-bond donors (Lipinski definition) is 1. The molecule has 0 fully saturated rings. The summed E-state index contributed by atoms with van der Waals surface area (Å²) in [4.78, 5) is 17.4. The van der Waals surface area contributed by atoms with Crippen molar-refractivity contribution < 1.29 is 4.79 Å². The van der Waals surface area contributed by atoms with Crippen LogP contribution in [-0.2, 0) is 6.42 Å². The molecule has 5 heteroatoms. The van der Waals surface area contributed by atoms with Crippen molar-refractivity contribution in [1.82, 2.24) is 9.38 Å². The van der Waals surface area contributed by atoms with Crippen LogP contribution in [0.15, 0.2) is 36.5 Å². The molecule has 1 aromatic carbocycles. The highest BCUT2D eigenvalue weighted by Crippen LogP contribution is 2.21. The summed E-state index contributed by atoms with van der Waals surface area (Å²) >= 11 is 2.27. The van der Waals surface area contributed by atoms with E-state index < -0.39 is 0 Å². The van der Waals surface area contributed by atoms with Gasteiger partial charge < -0.3 is 5.32 Å². The molecule has 0 atom stereocenters. The van der Waals surface area contributed by atoms with Gasteiger partial charge in [0.15, 0.2) is 0 Å². The molecule has 2 heterocycles. The summed E-state index contributed by atoms with van der Waals surface area (Å²) in [5.74, 6) is -0.121. The van der Waals surface area contributed by atoms with E-state index in [0.717, 1.165) is 38.1 Å². The molecular weight excluding hydrogens is 401 g/mol. The van der Waals surface area contributed by atoms with Gasteiger partial charge in [-0.15, -0.1) is 0 Å². The van der Waals surface area contributed by atoms with Crippen molar-refractivity contribution in [2.45, 2.75) is 27.2 Å². The molecule has 1 N–H and O–H groups in total. The zero-order chi connectivity index (χ0) is 16.6. The number of carbonyl (C=O) groups excluding carboxylic acids is 1. The summed E-state index contributed by atoms with van der Waals surface area (Å²) in [6, 6.07) is 9.93. The van der Waals surface area contributed by atoms with Crippen LogP contribution in [0.4, 0.5) is 5.69 Å². The molecule has 3 aromatic rings. The van der Waals surface area contributed by atoms with Gasteiger partial charge in [-0.05, 0) is 78.3 Å². The molecule has 0 aliphatic rings. The number of amides is 1. The maximum atomic E-state index is 12.8. The van der Waals surface area contributed by atoms with Crippen LogP contribution in [0.1, 0.15) is 34.2 Å². The number of benzene rings is 1. The van der Waals surface area contributed by atoms with E-state index in [4.69, 9.17) is 0 Å². The van der Waals surface area contributed by atoms with Gasteiger partial charge in [-0.1, -0.05) is 13.0 Å². The minimum Gasteiger partial charge on any atom is -0.320 e. The fraction of sp³-hybridized carbons (Fsp3) is 0.222. The average Bonchev–Trinajstić information content (AvgIpc) is 2.87. The Kier molecular flexibility index (Phi) is 4.39. The van der Waals surface area contributed by atoms with Crippen molar-refractivity contribution in [3.63, 3.8) is 0 Å². The number of aryl methyl sites for hydroxylation is 3. The van der Waals surface area contributed by atoms with E-state index in [0.29, 0.717) is 5.69 Å². The third-order valence-corrected chi connectivity index (χ3v) is 4.50. The highest BCUT2D eigenvalue weighted by Gasteiger charge is 2.19. The first-order valence-corrected chi connectivity index (χ1v) is 8.62. The number of pyridine rings is 1. The van der Waals surface area contributed by atoms with Gasteiger partial charge in [-0.3, -0.25) is 9.20 Å². The highest BCUT2D eigenvalue weighted by molar-refractivity contribution is 14.1. The predicted molar refractivity (Wildman–Crippen MR) is 101 cm³/mol. The largest absolute Gasteiger partial charge is 0.320 e. The number of aromatic nitrogens is 2. The van der Waals surface area contributed by atoms with Crippen molar-refractivity contribution in [2.24, 2.45) is 0 Å². The second-order valence-electron chi connectivity index (χ2n) is 5.61.